The molecule has 0 spiro atoms. The first kappa shape index (κ1) is 11.1. The average molecular weight is 262 g/mol. The fourth-order valence-electron chi connectivity index (χ4n) is 1.42. The van der Waals surface area contributed by atoms with Crippen LogP contribution < -0.4 is 0 Å². The number of hydrogen-bond acceptors (Lipinski definition) is 4. The minimum Gasteiger partial charge on any atom is -0.493 e. The molecule has 0 radical (unpaired) electrons. The summed E-state index contributed by atoms with van der Waals surface area (Å²) in [7, 11) is 1.09. The van der Waals surface area contributed by atoms with Crippen LogP contribution in [-0.4, -0.2) is 18.5 Å². The van der Waals surface area contributed by atoms with Crippen LogP contribution in [0.2, 0.25) is 0 Å². The average Bonchev–Trinajstić information content (AvgIpc) is 2.22. The minimum atomic E-state index is -4.08. The molecule has 16 heavy (non-hydrogen) atoms. The van der Waals surface area contributed by atoms with Crippen molar-refractivity contribution in [2.24, 2.45) is 0 Å². The molecule has 0 aliphatic heterocycles. The summed E-state index contributed by atoms with van der Waals surface area (Å²) in [6, 6.07) is 3.86. The predicted octanol–water partition coefficient (Wildman–Crippen LogP) is 2.01. The van der Waals surface area contributed by atoms with Crippen LogP contribution in [0.1, 0.15) is 0 Å². The van der Waals surface area contributed by atoms with Crippen molar-refractivity contribution in [2.45, 2.75) is 4.90 Å². The zero-order valence-corrected chi connectivity index (χ0v) is 9.26. The lowest BCUT2D eigenvalue weighted by Gasteiger charge is -2.05. The van der Waals surface area contributed by atoms with Crippen molar-refractivity contribution in [3.05, 3.63) is 30.2 Å². The summed E-state index contributed by atoms with van der Waals surface area (Å²) in [4.78, 5) is 2.99. The minimum absolute atomic E-state index is 0.00160. The van der Waals surface area contributed by atoms with Gasteiger partial charge in [-0.2, -0.15) is 0 Å². The first-order valence-corrected chi connectivity index (χ1v) is 6.43. The van der Waals surface area contributed by atoms with E-state index < -0.39 is 20.7 Å². The van der Waals surface area contributed by atoms with Crippen molar-refractivity contribution >= 4 is 30.5 Å². The summed E-state index contributed by atoms with van der Waals surface area (Å²) in [6.07, 6.45) is 0.739. The van der Waals surface area contributed by atoms with Gasteiger partial charge in [-0.05, 0) is 12.1 Å². The van der Waals surface area contributed by atoms with E-state index in [9.17, 15) is 17.9 Å². The van der Waals surface area contributed by atoms with Gasteiger partial charge in [0.25, 0.3) is 9.05 Å². The van der Waals surface area contributed by atoms with Gasteiger partial charge in [-0.3, -0.25) is 0 Å². The number of pyridine rings is 1. The Kier molecular flexibility index (Phi) is 2.47. The Bertz CT molecular complexity index is 672. The molecule has 0 saturated heterocycles. The number of aromatic hydroxyl groups is 1. The number of fused-ring (bicyclic) bond motifs is 1. The van der Waals surface area contributed by atoms with Crippen LogP contribution >= 0.6 is 10.7 Å². The van der Waals surface area contributed by atoms with Crippen molar-refractivity contribution in [1.29, 1.82) is 0 Å². The van der Waals surface area contributed by atoms with Crippen LogP contribution in [0.3, 0.4) is 0 Å². The van der Waals surface area contributed by atoms with E-state index in [2.05, 4.69) is 4.98 Å². The van der Waals surface area contributed by atoms with Gasteiger partial charge in [-0.25, -0.2) is 17.8 Å². The van der Waals surface area contributed by atoms with Gasteiger partial charge in [0.15, 0.2) is 5.82 Å². The highest BCUT2D eigenvalue weighted by atomic mass is 35.7. The first-order chi connectivity index (χ1) is 7.41. The number of halogens is 2. The molecule has 2 rings (SSSR count). The third-order valence-corrected chi connectivity index (χ3v) is 3.43. The van der Waals surface area contributed by atoms with Crippen LogP contribution in [0.4, 0.5) is 4.39 Å². The maximum absolute atomic E-state index is 13.5. The second-order valence-corrected chi connectivity index (χ2v) is 5.58. The van der Waals surface area contributed by atoms with Gasteiger partial charge in [0.05, 0.1) is 11.1 Å². The Morgan fingerprint density at radius 1 is 1.38 bits per heavy atom. The molecule has 0 bridgehead atoms. The molecule has 0 aliphatic carbocycles. The maximum Gasteiger partial charge on any atom is 0.262 e. The van der Waals surface area contributed by atoms with Gasteiger partial charge in [0, 0.05) is 21.5 Å². The second kappa shape index (κ2) is 3.57. The quantitative estimate of drug-likeness (QED) is 0.798. The lowest BCUT2D eigenvalue weighted by molar-refractivity contribution is 0.457. The molecule has 1 aromatic heterocycles. The second-order valence-electron chi connectivity index (χ2n) is 3.05. The number of benzene rings is 1. The highest BCUT2D eigenvalue weighted by Gasteiger charge is 2.18. The lowest BCUT2D eigenvalue weighted by atomic mass is 10.1. The maximum atomic E-state index is 13.5. The number of rotatable bonds is 1. The van der Waals surface area contributed by atoms with Gasteiger partial charge >= 0.3 is 0 Å². The van der Waals surface area contributed by atoms with Crippen LogP contribution in [0, 0.1) is 5.82 Å². The third-order valence-electron chi connectivity index (χ3n) is 2.07. The Morgan fingerprint density at radius 2 is 2.06 bits per heavy atom. The summed E-state index contributed by atoms with van der Waals surface area (Å²) in [5.74, 6) is -1.30. The molecule has 84 valence electrons. The van der Waals surface area contributed by atoms with E-state index >= 15 is 0 Å². The normalized spacial score (nSPS) is 11.9. The SMILES string of the molecule is O=S(=O)(Cl)c1cccc2c(O)ncc(F)c12. The van der Waals surface area contributed by atoms with Crippen LogP contribution in [0.15, 0.2) is 29.3 Å². The van der Waals surface area contributed by atoms with E-state index in [-0.39, 0.29) is 15.7 Å². The Balaban J connectivity index is 3.04. The zero-order chi connectivity index (χ0) is 11.9. The number of aromatic nitrogens is 1. The topological polar surface area (TPSA) is 67.3 Å². The molecule has 1 aromatic carbocycles. The smallest absolute Gasteiger partial charge is 0.262 e. The van der Waals surface area contributed by atoms with E-state index in [4.69, 9.17) is 10.7 Å². The Morgan fingerprint density at radius 3 is 2.69 bits per heavy atom. The van der Waals surface area contributed by atoms with E-state index in [1.54, 1.807) is 0 Å². The molecule has 0 unspecified atom stereocenters. The molecule has 2 aromatic rings. The largest absolute Gasteiger partial charge is 0.493 e. The molecule has 1 heterocycles. The summed E-state index contributed by atoms with van der Waals surface area (Å²) < 4.78 is 35.9. The van der Waals surface area contributed by atoms with Crippen molar-refractivity contribution in [3.8, 4) is 5.88 Å². The van der Waals surface area contributed by atoms with Gasteiger partial charge < -0.3 is 5.11 Å². The van der Waals surface area contributed by atoms with E-state index in [1.165, 1.54) is 12.1 Å². The monoisotopic (exact) mass is 261 g/mol. The Labute approximate surface area is 94.7 Å². The molecule has 0 atom stereocenters. The zero-order valence-electron chi connectivity index (χ0n) is 7.68. The van der Waals surface area contributed by atoms with Crippen LogP contribution in [-0.2, 0) is 9.05 Å². The summed E-state index contributed by atoms with van der Waals surface area (Å²) >= 11 is 0. The molecule has 0 saturated carbocycles. The van der Waals surface area contributed by atoms with E-state index in [0.29, 0.717) is 0 Å². The van der Waals surface area contributed by atoms with E-state index in [1.807, 2.05) is 0 Å². The van der Waals surface area contributed by atoms with Crippen molar-refractivity contribution < 1.29 is 17.9 Å². The molecule has 1 N–H and O–H groups in total. The molecular formula is C9H5ClFNO3S. The predicted molar refractivity (Wildman–Crippen MR) is 56.4 cm³/mol. The molecule has 0 amide bonds. The summed E-state index contributed by atoms with van der Waals surface area (Å²) in [5.41, 5.74) is 0. The summed E-state index contributed by atoms with van der Waals surface area (Å²) in [5, 5.41) is 9.11. The molecule has 4 nitrogen and oxygen atoms in total. The first-order valence-electron chi connectivity index (χ1n) is 4.12. The lowest BCUT2D eigenvalue weighted by Crippen LogP contribution is -1.95. The van der Waals surface area contributed by atoms with Crippen LogP contribution in [0.5, 0.6) is 5.88 Å². The Hall–Kier alpha value is -1.40. The summed E-state index contributed by atoms with van der Waals surface area (Å²) in [6.45, 7) is 0. The highest BCUT2D eigenvalue weighted by molar-refractivity contribution is 8.14. The molecule has 0 aliphatic rings. The van der Waals surface area contributed by atoms with Crippen molar-refractivity contribution in [3.63, 3.8) is 0 Å². The van der Waals surface area contributed by atoms with E-state index in [0.717, 1.165) is 12.3 Å². The molecular weight excluding hydrogens is 257 g/mol. The number of hydrogen-bond donors (Lipinski definition) is 1. The van der Waals surface area contributed by atoms with Gasteiger partial charge in [0.1, 0.15) is 0 Å². The third kappa shape index (κ3) is 1.70. The highest BCUT2D eigenvalue weighted by Crippen LogP contribution is 2.31. The van der Waals surface area contributed by atoms with Crippen molar-refractivity contribution in [1.82, 2.24) is 4.98 Å². The fourth-order valence-corrected chi connectivity index (χ4v) is 2.50. The van der Waals surface area contributed by atoms with Crippen LogP contribution in [0.25, 0.3) is 10.8 Å². The van der Waals surface area contributed by atoms with Gasteiger partial charge in [-0.1, -0.05) is 6.07 Å². The van der Waals surface area contributed by atoms with Gasteiger partial charge in [0.2, 0.25) is 5.88 Å². The van der Waals surface area contributed by atoms with Crippen molar-refractivity contribution in [2.75, 3.05) is 0 Å². The fraction of sp³-hybridized carbons (Fsp3) is 0. The molecule has 0 fully saturated rings. The standard InChI is InChI=1S/C9H5ClFNO3S/c10-16(14,15)7-3-1-2-5-8(7)6(11)4-12-9(5)13/h1-4H,(H,12,13). The van der Waals surface area contributed by atoms with Gasteiger partial charge in [-0.15, -0.1) is 0 Å². The molecule has 7 heteroatoms. The number of nitrogens with zero attached hydrogens (tertiary/aromatic N) is 1.